The molecule has 2 aromatic rings. The molecular weight excluding hydrogens is 280 g/mol. The van der Waals surface area contributed by atoms with Crippen LogP contribution < -0.4 is 10.6 Å². The fourth-order valence-electron chi connectivity index (χ4n) is 1.76. The average Bonchev–Trinajstić information content (AvgIpc) is 3.00. The largest absolute Gasteiger partial charge is 0.356 e. The molecule has 2 N–H and O–H groups in total. The lowest BCUT2D eigenvalue weighted by Crippen LogP contribution is -2.40. The van der Waals surface area contributed by atoms with Crippen LogP contribution >= 0.6 is 0 Å². The van der Waals surface area contributed by atoms with Gasteiger partial charge in [0.2, 0.25) is 0 Å². The standard InChI is InChI=1S/C15H22N6O/c1-11(2)10-19-15(16-3)18-9-7-13-20-14(22-21-13)12-6-4-5-8-17-12/h4-6,8,11H,7,9-10H2,1-3H3,(H2,16,18,19). The molecule has 0 spiro atoms. The average molecular weight is 302 g/mol. The molecule has 0 radical (unpaired) electrons. The van der Waals surface area contributed by atoms with E-state index in [1.54, 1.807) is 13.2 Å². The van der Waals surface area contributed by atoms with Gasteiger partial charge >= 0.3 is 0 Å². The van der Waals surface area contributed by atoms with Crippen molar-refractivity contribution in [2.45, 2.75) is 20.3 Å². The van der Waals surface area contributed by atoms with Gasteiger partial charge in [-0.25, -0.2) is 0 Å². The molecule has 0 aromatic carbocycles. The number of nitrogens with one attached hydrogen (secondary N) is 2. The Morgan fingerprint density at radius 2 is 2.18 bits per heavy atom. The highest BCUT2D eigenvalue weighted by atomic mass is 16.5. The highest BCUT2D eigenvalue weighted by molar-refractivity contribution is 5.79. The summed E-state index contributed by atoms with van der Waals surface area (Å²) in [5.41, 5.74) is 0.684. The molecule has 0 fully saturated rings. The fraction of sp³-hybridized carbons (Fsp3) is 0.467. The summed E-state index contributed by atoms with van der Waals surface area (Å²) in [5.74, 6) is 2.43. The zero-order chi connectivity index (χ0) is 15.8. The highest BCUT2D eigenvalue weighted by Gasteiger charge is 2.09. The van der Waals surface area contributed by atoms with Crippen molar-refractivity contribution in [3.8, 4) is 11.6 Å². The van der Waals surface area contributed by atoms with E-state index in [0.717, 1.165) is 12.5 Å². The Balaban J connectivity index is 1.81. The van der Waals surface area contributed by atoms with E-state index in [2.05, 4.69) is 44.6 Å². The summed E-state index contributed by atoms with van der Waals surface area (Å²) in [7, 11) is 1.75. The summed E-state index contributed by atoms with van der Waals surface area (Å²) in [4.78, 5) is 12.7. The molecule has 0 bridgehead atoms. The van der Waals surface area contributed by atoms with Crippen molar-refractivity contribution < 1.29 is 4.52 Å². The van der Waals surface area contributed by atoms with Gasteiger partial charge in [-0.2, -0.15) is 4.98 Å². The van der Waals surface area contributed by atoms with Crippen LogP contribution in [0.25, 0.3) is 11.6 Å². The van der Waals surface area contributed by atoms with Gasteiger partial charge in [-0.15, -0.1) is 0 Å². The maximum atomic E-state index is 5.22. The summed E-state index contributed by atoms with van der Waals surface area (Å²) in [6.07, 6.45) is 2.35. The Labute approximate surface area is 130 Å². The van der Waals surface area contributed by atoms with E-state index in [1.807, 2.05) is 18.2 Å². The number of guanidine groups is 1. The lowest BCUT2D eigenvalue weighted by Gasteiger charge is -2.12. The summed E-state index contributed by atoms with van der Waals surface area (Å²) < 4.78 is 5.22. The Morgan fingerprint density at radius 1 is 1.32 bits per heavy atom. The zero-order valence-corrected chi connectivity index (χ0v) is 13.2. The second kappa shape index (κ2) is 8.11. The first-order chi connectivity index (χ1) is 10.7. The van der Waals surface area contributed by atoms with Crippen LogP contribution in [0.15, 0.2) is 33.9 Å². The zero-order valence-electron chi connectivity index (χ0n) is 13.2. The van der Waals surface area contributed by atoms with E-state index in [4.69, 9.17) is 4.52 Å². The molecule has 0 saturated carbocycles. The molecule has 0 aliphatic carbocycles. The quantitative estimate of drug-likeness (QED) is 0.621. The lowest BCUT2D eigenvalue weighted by atomic mass is 10.2. The minimum absolute atomic E-state index is 0.443. The van der Waals surface area contributed by atoms with Gasteiger partial charge in [-0.1, -0.05) is 25.1 Å². The summed E-state index contributed by atoms with van der Waals surface area (Å²) in [6, 6.07) is 5.58. The van der Waals surface area contributed by atoms with Crippen LogP contribution in [-0.2, 0) is 6.42 Å². The first kappa shape index (κ1) is 15.9. The van der Waals surface area contributed by atoms with Crippen LogP contribution in [-0.4, -0.2) is 41.2 Å². The van der Waals surface area contributed by atoms with E-state index in [9.17, 15) is 0 Å². The second-order valence-corrected chi connectivity index (χ2v) is 5.25. The Hall–Kier alpha value is -2.44. The third-order valence-electron chi connectivity index (χ3n) is 2.89. The molecule has 7 heteroatoms. The molecule has 0 saturated heterocycles. The fourth-order valence-corrected chi connectivity index (χ4v) is 1.76. The molecule has 2 aromatic heterocycles. The number of nitrogens with zero attached hydrogens (tertiary/aromatic N) is 4. The number of hydrogen-bond donors (Lipinski definition) is 2. The molecule has 0 aliphatic heterocycles. The molecule has 7 nitrogen and oxygen atoms in total. The van der Waals surface area contributed by atoms with Crippen LogP contribution in [0.3, 0.4) is 0 Å². The van der Waals surface area contributed by atoms with Gasteiger partial charge < -0.3 is 15.2 Å². The van der Waals surface area contributed by atoms with E-state index in [-0.39, 0.29) is 0 Å². The minimum atomic E-state index is 0.443. The summed E-state index contributed by atoms with van der Waals surface area (Å²) in [6.45, 7) is 5.86. The smallest absolute Gasteiger partial charge is 0.276 e. The van der Waals surface area contributed by atoms with E-state index in [1.165, 1.54) is 0 Å². The lowest BCUT2D eigenvalue weighted by molar-refractivity contribution is 0.421. The van der Waals surface area contributed by atoms with Crippen molar-refractivity contribution in [3.63, 3.8) is 0 Å². The monoisotopic (exact) mass is 302 g/mol. The van der Waals surface area contributed by atoms with Crippen molar-refractivity contribution >= 4 is 5.96 Å². The predicted octanol–water partition coefficient (Wildman–Crippen LogP) is 1.50. The molecule has 0 unspecified atom stereocenters. The van der Waals surface area contributed by atoms with Crippen molar-refractivity contribution in [3.05, 3.63) is 30.2 Å². The molecule has 22 heavy (non-hydrogen) atoms. The number of rotatable bonds is 6. The van der Waals surface area contributed by atoms with Crippen LogP contribution in [0, 0.1) is 5.92 Å². The molecule has 0 aliphatic rings. The van der Waals surface area contributed by atoms with Crippen LogP contribution in [0.1, 0.15) is 19.7 Å². The summed E-state index contributed by atoms with van der Waals surface area (Å²) in [5, 5.41) is 10.4. The second-order valence-electron chi connectivity index (χ2n) is 5.25. The van der Waals surface area contributed by atoms with Crippen molar-refractivity contribution in [1.82, 2.24) is 25.8 Å². The number of aliphatic imine (C=N–C) groups is 1. The van der Waals surface area contributed by atoms with Crippen molar-refractivity contribution in [1.29, 1.82) is 0 Å². The summed E-state index contributed by atoms with van der Waals surface area (Å²) >= 11 is 0. The van der Waals surface area contributed by atoms with Gasteiger partial charge in [-0.3, -0.25) is 9.98 Å². The van der Waals surface area contributed by atoms with Crippen molar-refractivity contribution in [2.24, 2.45) is 10.9 Å². The molecule has 118 valence electrons. The van der Waals surface area contributed by atoms with Gasteiger partial charge in [0.1, 0.15) is 5.69 Å². The van der Waals surface area contributed by atoms with Gasteiger partial charge in [-0.05, 0) is 18.1 Å². The van der Waals surface area contributed by atoms with Crippen molar-refractivity contribution in [2.75, 3.05) is 20.1 Å². The van der Waals surface area contributed by atoms with Crippen LogP contribution in [0.4, 0.5) is 0 Å². The minimum Gasteiger partial charge on any atom is -0.356 e. The number of pyridine rings is 1. The third-order valence-corrected chi connectivity index (χ3v) is 2.89. The third kappa shape index (κ3) is 4.83. The molecule has 2 heterocycles. The SMILES string of the molecule is CN=C(NCCc1noc(-c2ccccn2)n1)NCC(C)C. The van der Waals surface area contributed by atoms with Gasteiger partial charge in [0, 0.05) is 32.8 Å². The first-order valence-electron chi connectivity index (χ1n) is 7.37. The number of aromatic nitrogens is 3. The van der Waals surface area contributed by atoms with Gasteiger partial charge in [0.15, 0.2) is 11.8 Å². The molecular formula is C15H22N6O. The number of hydrogen-bond acceptors (Lipinski definition) is 5. The molecule has 0 amide bonds. The predicted molar refractivity (Wildman–Crippen MR) is 85.4 cm³/mol. The molecule has 2 rings (SSSR count). The molecule has 0 atom stereocenters. The van der Waals surface area contributed by atoms with Gasteiger partial charge in [0.05, 0.1) is 0 Å². The first-order valence-corrected chi connectivity index (χ1v) is 7.37. The highest BCUT2D eigenvalue weighted by Crippen LogP contribution is 2.12. The van der Waals surface area contributed by atoms with E-state index >= 15 is 0 Å². The maximum Gasteiger partial charge on any atom is 0.276 e. The Bertz CT molecular complexity index is 593. The normalized spacial score (nSPS) is 11.7. The Kier molecular flexibility index (Phi) is 5.88. The van der Waals surface area contributed by atoms with Crippen LogP contribution in [0.5, 0.6) is 0 Å². The van der Waals surface area contributed by atoms with Gasteiger partial charge in [0.25, 0.3) is 5.89 Å². The topological polar surface area (TPSA) is 88.2 Å². The van der Waals surface area contributed by atoms with E-state index in [0.29, 0.717) is 36.3 Å². The maximum absolute atomic E-state index is 5.22. The Morgan fingerprint density at radius 3 is 2.86 bits per heavy atom. The van der Waals surface area contributed by atoms with Crippen LogP contribution in [0.2, 0.25) is 0 Å². The van der Waals surface area contributed by atoms with E-state index < -0.39 is 0 Å².